The number of aliphatic carboxylic acids is 2. The summed E-state index contributed by atoms with van der Waals surface area (Å²) in [6, 6.07) is 17.0. The average Bonchev–Trinajstić information content (AvgIpc) is 3.08. The molecule has 8 heteroatoms. The highest BCUT2D eigenvalue weighted by Crippen LogP contribution is 2.24. The van der Waals surface area contributed by atoms with E-state index in [1.165, 1.54) is 11.1 Å². The molecule has 0 spiro atoms. The van der Waals surface area contributed by atoms with Gasteiger partial charge in [-0.1, -0.05) is 59.3 Å². The Kier molecular flexibility index (Phi) is 7.97. The van der Waals surface area contributed by atoms with E-state index in [9.17, 15) is 0 Å². The monoisotopic (exact) mass is 459 g/mol. The average molecular weight is 460 g/mol. The van der Waals surface area contributed by atoms with Crippen molar-refractivity contribution in [1.29, 1.82) is 0 Å². The van der Waals surface area contributed by atoms with E-state index in [1.54, 1.807) is 0 Å². The van der Waals surface area contributed by atoms with Gasteiger partial charge in [-0.25, -0.2) is 14.6 Å². The molecule has 152 valence electrons. The molecule has 0 unspecified atom stereocenters. The number of halogens is 1. The minimum atomic E-state index is -1.82. The van der Waals surface area contributed by atoms with Gasteiger partial charge in [0.05, 0.1) is 11.9 Å². The van der Waals surface area contributed by atoms with E-state index in [-0.39, 0.29) is 0 Å². The number of hydrogen-bond acceptors (Lipinski definition) is 4. The predicted molar refractivity (Wildman–Crippen MR) is 115 cm³/mol. The Bertz CT molecular complexity index is 955. The number of nitrogens with one attached hydrogen (secondary N) is 1. The Morgan fingerprint density at radius 1 is 1.00 bits per heavy atom. The summed E-state index contributed by atoms with van der Waals surface area (Å²) in [5, 5.41) is 18.2. The van der Waals surface area contributed by atoms with Gasteiger partial charge in [0.15, 0.2) is 0 Å². The number of carboxylic acids is 2. The zero-order chi connectivity index (χ0) is 21.4. The van der Waals surface area contributed by atoms with Crippen LogP contribution in [-0.2, 0) is 29.6 Å². The lowest BCUT2D eigenvalue weighted by molar-refractivity contribution is -0.159. The van der Waals surface area contributed by atoms with Crippen molar-refractivity contribution in [2.45, 2.75) is 19.9 Å². The van der Waals surface area contributed by atoms with Crippen molar-refractivity contribution in [3.63, 3.8) is 0 Å². The van der Waals surface area contributed by atoms with Crippen LogP contribution in [0.5, 0.6) is 0 Å². The lowest BCUT2D eigenvalue weighted by Crippen LogP contribution is -2.09. The summed E-state index contributed by atoms with van der Waals surface area (Å²) in [4.78, 5) is 22.7. The molecule has 0 aliphatic rings. The fraction of sp³-hybridized carbons (Fsp3) is 0.190. The van der Waals surface area contributed by atoms with Crippen LogP contribution in [0.25, 0.3) is 11.3 Å². The molecular formula is C21H22BrN3O4. The standard InChI is InChI=1S/C19H20BrN3.C2H2O4/c1-3-14-4-6-15(7-5-14)12-21-19-22-13-18(23(19)2)16-8-10-17(20)11-9-16;3-1(4)2(5)6/h4-11,13H,3,12H2,1-2H3,(H,21,22);(H,3,4)(H,5,6). The van der Waals surface area contributed by atoms with E-state index >= 15 is 0 Å². The summed E-state index contributed by atoms with van der Waals surface area (Å²) >= 11 is 3.47. The number of anilines is 1. The van der Waals surface area contributed by atoms with Crippen LogP contribution in [0.2, 0.25) is 0 Å². The Hall–Kier alpha value is -3.13. The quantitative estimate of drug-likeness (QED) is 0.494. The lowest BCUT2D eigenvalue weighted by Gasteiger charge is -2.09. The van der Waals surface area contributed by atoms with Crippen molar-refractivity contribution in [1.82, 2.24) is 9.55 Å². The molecule has 3 rings (SSSR count). The summed E-state index contributed by atoms with van der Waals surface area (Å²) in [6.07, 6.45) is 2.98. The van der Waals surface area contributed by atoms with Gasteiger partial charge in [0.25, 0.3) is 0 Å². The van der Waals surface area contributed by atoms with Crippen molar-refractivity contribution in [3.05, 3.63) is 70.3 Å². The van der Waals surface area contributed by atoms with E-state index in [4.69, 9.17) is 19.8 Å². The number of hydrogen-bond donors (Lipinski definition) is 3. The fourth-order valence-corrected chi connectivity index (χ4v) is 2.80. The molecule has 7 nitrogen and oxygen atoms in total. The highest BCUT2D eigenvalue weighted by atomic mass is 79.9. The third kappa shape index (κ3) is 6.46. The molecule has 0 atom stereocenters. The normalized spacial score (nSPS) is 10.0. The number of carboxylic acid groups (broad SMARTS) is 2. The molecule has 1 heterocycles. The van der Waals surface area contributed by atoms with Gasteiger partial charge in [-0.05, 0) is 35.2 Å². The van der Waals surface area contributed by atoms with Crippen molar-refractivity contribution in [3.8, 4) is 11.3 Å². The summed E-state index contributed by atoms with van der Waals surface area (Å²) in [5.74, 6) is -2.77. The van der Waals surface area contributed by atoms with Gasteiger partial charge in [-0.2, -0.15) is 0 Å². The van der Waals surface area contributed by atoms with Gasteiger partial charge in [-0.3, -0.25) is 0 Å². The third-order valence-electron chi connectivity index (χ3n) is 4.19. The topological polar surface area (TPSA) is 104 Å². The van der Waals surface area contributed by atoms with Gasteiger partial charge in [-0.15, -0.1) is 0 Å². The van der Waals surface area contributed by atoms with Crippen LogP contribution in [-0.4, -0.2) is 31.7 Å². The summed E-state index contributed by atoms with van der Waals surface area (Å²) in [7, 11) is 2.03. The van der Waals surface area contributed by atoms with Gasteiger partial charge in [0, 0.05) is 18.1 Å². The molecule has 0 amide bonds. The molecule has 0 saturated carbocycles. The van der Waals surface area contributed by atoms with Gasteiger partial charge in [0.2, 0.25) is 5.95 Å². The zero-order valence-corrected chi connectivity index (χ0v) is 17.7. The largest absolute Gasteiger partial charge is 0.473 e. The minimum Gasteiger partial charge on any atom is -0.473 e. The number of nitrogens with zero attached hydrogens (tertiary/aromatic N) is 2. The second-order valence-corrected chi connectivity index (χ2v) is 7.08. The Morgan fingerprint density at radius 2 is 1.55 bits per heavy atom. The molecule has 1 aromatic heterocycles. The Morgan fingerprint density at radius 3 is 2.07 bits per heavy atom. The summed E-state index contributed by atoms with van der Waals surface area (Å²) in [6.45, 7) is 2.94. The van der Waals surface area contributed by atoms with E-state index in [0.717, 1.165) is 34.6 Å². The van der Waals surface area contributed by atoms with Crippen LogP contribution in [0, 0.1) is 0 Å². The number of benzene rings is 2. The van der Waals surface area contributed by atoms with Gasteiger partial charge >= 0.3 is 11.9 Å². The third-order valence-corrected chi connectivity index (χ3v) is 4.72. The fourth-order valence-electron chi connectivity index (χ4n) is 2.54. The highest BCUT2D eigenvalue weighted by molar-refractivity contribution is 9.10. The van der Waals surface area contributed by atoms with Crippen LogP contribution >= 0.6 is 15.9 Å². The molecule has 2 aromatic carbocycles. The maximum atomic E-state index is 9.10. The maximum absolute atomic E-state index is 9.10. The predicted octanol–water partition coefficient (Wildman–Crippen LogP) is 4.18. The summed E-state index contributed by atoms with van der Waals surface area (Å²) < 4.78 is 3.17. The molecule has 0 aliphatic heterocycles. The molecule has 3 aromatic rings. The van der Waals surface area contributed by atoms with Crippen LogP contribution in [0.4, 0.5) is 5.95 Å². The van der Waals surface area contributed by atoms with Crippen molar-refractivity contribution in [2.24, 2.45) is 7.05 Å². The summed E-state index contributed by atoms with van der Waals surface area (Å²) in [5.41, 5.74) is 4.88. The van der Waals surface area contributed by atoms with Crippen molar-refractivity contribution < 1.29 is 19.8 Å². The maximum Gasteiger partial charge on any atom is 0.414 e. The van der Waals surface area contributed by atoms with Crippen molar-refractivity contribution in [2.75, 3.05) is 5.32 Å². The van der Waals surface area contributed by atoms with E-state index in [1.807, 2.05) is 25.4 Å². The molecule has 0 saturated heterocycles. The number of aryl methyl sites for hydroxylation is 1. The van der Waals surface area contributed by atoms with Crippen LogP contribution in [0.1, 0.15) is 18.1 Å². The first-order chi connectivity index (χ1) is 13.8. The lowest BCUT2D eigenvalue weighted by atomic mass is 10.1. The number of aromatic nitrogens is 2. The molecule has 0 bridgehead atoms. The second-order valence-electron chi connectivity index (χ2n) is 6.17. The van der Waals surface area contributed by atoms with E-state index in [0.29, 0.717) is 0 Å². The minimum absolute atomic E-state index is 0.772. The molecule has 29 heavy (non-hydrogen) atoms. The number of imidazole rings is 1. The van der Waals surface area contributed by atoms with Crippen LogP contribution in [0.3, 0.4) is 0 Å². The Labute approximate surface area is 177 Å². The Balaban J connectivity index is 0.000000438. The molecular weight excluding hydrogens is 438 g/mol. The first kappa shape index (κ1) is 22.2. The van der Waals surface area contributed by atoms with Gasteiger partial charge in [0.1, 0.15) is 0 Å². The smallest absolute Gasteiger partial charge is 0.414 e. The van der Waals surface area contributed by atoms with Crippen LogP contribution < -0.4 is 5.32 Å². The van der Waals surface area contributed by atoms with Crippen LogP contribution in [0.15, 0.2) is 59.2 Å². The first-order valence-corrected chi connectivity index (χ1v) is 9.66. The van der Waals surface area contributed by atoms with Gasteiger partial charge < -0.3 is 20.1 Å². The zero-order valence-electron chi connectivity index (χ0n) is 16.1. The number of carbonyl (C=O) groups is 2. The van der Waals surface area contributed by atoms with E-state index < -0.39 is 11.9 Å². The first-order valence-electron chi connectivity index (χ1n) is 8.87. The van der Waals surface area contributed by atoms with Crippen molar-refractivity contribution >= 4 is 33.8 Å². The molecule has 0 radical (unpaired) electrons. The molecule has 3 N–H and O–H groups in total. The number of rotatable bonds is 5. The second kappa shape index (κ2) is 10.4. The SMILES string of the molecule is CCc1ccc(CNc2ncc(-c3ccc(Br)cc3)n2C)cc1.O=C(O)C(=O)O. The highest BCUT2D eigenvalue weighted by Gasteiger charge is 2.08. The molecule has 0 aliphatic carbocycles. The molecule has 0 fully saturated rings. The van der Waals surface area contributed by atoms with E-state index in [2.05, 4.69) is 74.1 Å².